The lowest BCUT2D eigenvalue weighted by atomic mass is 10.1. The minimum atomic E-state index is -0.316. The molecule has 1 aromatic carbocycles. The van der Waals surface area contributed by atoms with E-state index in [2.05, 4.69) is 0 Å². The monoisotopic (exact) mass is 257 g/mol. The van der Waals surface area contributed by atoms with E-state index in [1.165, 1.54) is 0 Å². The van der Waals surface area contributed by atoms with Crippen molar-refractivity contribution >= 4 is 17.5 Å². The van der Waals surface area contributed by atoms with E-state index in [0.717, 1.165) is 16.2 Å². The third-order valence-corrected chi connectivity index (χ3v) is 3.11. The van der Waals surface area contributed by atoms with Gasteiger partial charge in [0.1, 0.15) is 12.3 Å². The first-order valence-corrected chi connectivity index (χ1v) is 5.77. The third kappa shape index (κ3) is 3.61. The van der Waals surface area contributed by atoms with Crippen LogP contribution in [0, 0.1) is 0 Å². The Morgan fingerprint density at radius 2 is 2.24 bits per heavy atom. The summed E-state index contributed by atoms with van der Waals surface area (Å²) in [5.41, 5.74) is 6.24. The first-order valence-electron chi connectivity index (χ1n) is 5.39. The van der Waals surface area contributed by atoms with Crippen molar-refractivity contribution in [3.8, 4) is 5.75 Å². The number of ether oxygens (including phenoxy) is 1. The maximum absolute atomic E-state index is 11.1. The van der Waals surface area contributed by atoms with Crippen LogP contribution in [-0.2, 0) is 11.3 Å². The van der Waals surface area contributed by atoms with E-state index in [1.807, 2.05) is 19.2 Å². The third-order valence-electron chi connectivity index (χ3n) is 2.88. The molecule has 0 radical (unpaired) electrons. The number of halogens is 1. The molecule has 5 heteroatoms. The molecule has 2 atom stereocenters. The highest BCUT2D eigenvalue weighted by molar-refractivity contribution is 6.30. The minimum absolute atomic E-state index is 0.251. The van der Waals surface area contributed by atoms with Gasteiger partial charge in [0.2, 0.25) is 0 Å². The molecule has 1 amide bonds. The highest BCUT2D eigenvalue weighted by atomic mass is 35.5. The number of hydrogen-bond acceptors (Lipinski definition) is 2. The molecule has 0 saturated carbocycles. The van der Waals surface area contributed by atoms with Gasteiger partial charge in [-0.05, 0) is 25.1 Å². The van der Waals surface area contributed by atoms with Gasteiger partial charge in [-0.3, -0.25) is 4.79 Å². The summed E-state index contributed by atoms with van der Waals surface area (Å²) in [4.78, 5) is 12.1. The fraction of sp³-hybridized carbons (Fsp3) is 0.417. The van der Waals surface area contributed by atoms with Crippen molar-refractivity contribution in [1.29, 1.82) is 0 Å². The largest absolute Gasteiger partial charge is 0.496 e. The van der Waals surface area contributed by atoms with Crippen LogP contribution >= 0.6 is 11.6 Å². The van der Waals surface area contributed by atoms with E-state index < -0.39 is 0 Å². The van der Waals surface area contributed by atoms with Gasteiger partial charge in [-0.15, -0.1) is 0 Å². The minimum Gasteiger partial charge on any atom is -0.496 e. The molecule has 0 aliphatic rings. The lowest BCUT2D eigenvalue weighted by Gasteiger charge is -2.20. The highest BCUT2D eigenvalue weighted by Crippen LogP contribution is 2.21. The smallest absolute Gasteiger partial charge is 0.275 e. The first-order chi connectivity index (χ1) is 7.95. The van der Waals surface area contributed by atoms with Crippen LogP contribution in [0.5, 0.6) is 5.75 Å². The van der Waals surface area contributed by atoms with Gasteiger partial charge in [-0.1, -0.05) is 11.6 Å². The molecule has 0 heterocycles. The Balaban J connectivity index is 2.86. The van der Waals surface area contributed by atoms with Gasteiger partial charge in [0, 0.05) is 10.6 Å². The van der Waals surface area contributed by atoms with Crippen LogP contribution in [0.1, 0.15) is 12.5 Å². The molecule has 4 nitrogen and oxygen atoms in total. The van der Waals surface area contributed by atoms with E-state index in [1.54, 1.807) is 20.1 Å². The molecule has 0 bridgehead atoms. The van der Waals surface area contributed by atoms with Crippen LogP contribution < -0.4 is 15.4 Å². The quantitative estimate of drug-likeness (QED) is 0.794. The van der Waals surface area contributed by atoms with E-state index in [4.69, 9.17) is 22.1 Å². The van der Waals surface area contributed by atoms with Crippen molar-refractivity contribution in [2.75, 3.05) is 14.2 Å². The average Bonchev–Trinajstić information content (AvgIpc) is 2.28. The summed E-state index contributed by atoms with van der Waals surface area (Å²) in [5, 5.41) is 0.653. The van der Waals surface area contributed by atoms with Crippen molar-refractivity contribution in [3.05, 3.63) is 28.8 Å². The van der Waals surface area contributed by atoms with Gasteiger partial charge in [0.05, 0.1) is 14.2 Å². The van der Waals surface area contributed by atoms with Crippen molar-refractivity contribution in [3.63, 3.8) is 0 Å². The normalized spacial score (nSPS) is 14.1. The Bertz CT molecular complexity index is 409. The van der Waals surface area contributed by atoms with Crippen molar-refractivity contribution in [2.24, 2.45) is 5.73 Å². The number of likely N-dealkylation sites (N-methyl/N-ethyl adjacent to an activating group) is 1. The summed E-state index contributed by atoms with van der Waals surface area (Å²) in [6.07, 6.45) is 0. The van der Waals surface area contributed by atoms with Crippen LogP contribution in [0.3, 0.4) is 0 Å². The zero-order valence-corrected chi connectivity index (χ0v) is 11.0. The summed E-state index contributed by atoms with van der Waals surface area (Å²) in [6.45, 7) is 2.43. The highest BCUT2D eigenvalue weighted by Gasteiger charge is 2.20. The van der Waals surface area contributed by atoms with E-state index >= 15 is 0 Å². The Kier molecular flexibility index (Phi) is 4.78. The van der Waals surface area contributed by atoms with Gasteiger partial charge in [-0.25, -0.2) is 0 Å². The topological polar surface area (TPSA) is 56.8 Å². The molecule has 3 N–H and O–H groups in total. The number of benzene rings is 1. The number of quaternary nitrogens is 1. The number of carbonyl (C=O) groups is 1. The molecule has 1 unspecified atom stereocenters. The second-order valence-corrected chi connectivity index (χ2v) is 4.54. The SMILES string of the molecule is COc1ccc(Cl)cc1C[NH+](C)[C@H](C)C(N)=O. The lowest BCUT2D eigenvalue weighted by molar-refractivity contribution is -0.908. The van der Waals surface area contributed by atoms with E-state index in [0.29, 0.717) is 11.6 Å². The average molecular weight is 258 g/mol. The van der Waals surface area contributed by atoms with Gasteiger partial charge in [0.25, 0.3) is 5.91 Å². The van der Waals surface area contributed by atoms with E-state index in [9.17, 15) is 4.79 Å². The Hall–Kier alpha value is -1.26. The molecule has 0 saturated heterocycles. The number of amides is 1. The van der Waals surface area contributed by atoms with Crippen LogP contribution in [-0.4, -0.2) is 26.1 Å². The zero-order valence-electron chi connectivity index (χ0n) is 10.3. The Morgan fingerprint density at radius 1 is 1.59 bits per heavy atom. The number of primary amides is 1. The molecule has 0 spiro atoms. The molecule has 0 aliphatic carbocycles. The standard InChI is InChI=1S/C12H17ClN2O2/c1-8(12(14)16)15(2)7-9-6-10(13)4-5-11(9)17-3/h4-6,8H,7H2,1-3H3,(H2,14,16)/p+1/t8-/m1/s1. The molecule has 17 heavy (non-hydrogen) atoms. The maximum atomic E-state index is 11.1. The predicted octanol–water partition coefficient (Wildman–Crippen LogP) is 0.237. The molecule has 0 aromatic heterocycles. The molecule has 94 valence electrons. The number of rotatable bonds is 5. The second kappa shape index (κ2) is 5.89. The summed E-state index contributed by atoms with van der Waals surface area (Å²) in [7, 11) is 3.52. The molecule has 1 rings (SSSR count). The van der Waals surface area contributed by atoms with Gasteiger partial charge in [-0.2, -0.15) is 0 Å². The number of hydrogen-bond donors (Lipinski definition) is 2. The zero-order chi connectivity index (χ0) is 13.0. The Morgan fingerprint density at radius 3 is 2.76 bits per heavy atom. The number of nitrogens with two attached hydrogens (primary N) is 1. The molecule has 1 aromatic rings. The molecular weight excluding hydrogens is 240 g/mol. The maximum Gasteiger partial charge on any atom is 0.275 e. The lowest BCUT2D eigenvalue weighted by Crippen LogP contribution is -3.12. The summed E-state index contributed by atoms with van der Waals surface area (Å²) in [5.74, 6) is 0.453. The number of methoxy groups -OCH3 is 1. The molecule has 0 fully saturated rings. The van der Waals surface area contributed by atoms with Crippen LogP contribution in [0.4, 0.5) is 0 Å². The number of carbonyl (C=O) groups excluding carboxylic acids is 1. The van der Waals surface area contributed by atoms with Crippen molar-refractivity contribution in [1.82, 2.24) is 0 Å². The summed E-state index contributed by atoms with van der Waals surface area (Å²) in [6, 6.07) is 5.19. The van der Waals surface area contributed by atoms with E-state index in [-0.39, 0.29) is 11.9 Å². The molecular formula is C12H18ClN2O2+. The van der Waals surface area contributed by atoms with Crippen LogP contribution in [0.15, 0.2) is 18.2 Å². The number of nitrogens with one attached hydrogen (secondary N) is 1. The fourth-order valence-corrected chi connectivity index (χ4v) is 1.78. The predicted molar refractivity (Wildman–Crippen MR) is 67.3 cm³/mol. The Labute approximate surface area is 106 Å². The van der Waals surface area contributed by atoms with Crippen LogP contribution in [0.25, 0.3) is 0 Å². The van der Waals surface area contributed by atoms with Gasteiger partial charge >= 0.3 is 0 Å². The summed E-state index contributed by atoms with van der Waals surface area (Å²) < 4.78 is 5.25. The first kappa shape index (κ1) is 13.8. The summed E-state index contributed by atoms with van der Waals surface area (Å²) >= 11 is 5.94. The van der Waals surface area contributed by atoms with Gasteiger partial charge < -0.3 is 15.4 Å². The van der Waals surface area contributed by atoms with Gasteiger partial charge in [0.15, 0.2) is 6.04 Å². The van der Waals surface area contributed by atoms with Crippen LogP contribution in [0.2, 0.25) is 5.02 Å². The van der Waals surface area contributed by atoms with Crippen molar-refractivity contribution in [2.45, 2.75) is 19.5 Å². The molecule has 0 aliphatic heterocycles. The fourth-order valence-electron chi connectivity index (χ4n) is 1.58. The second-order valence-electron chi connectivity index (χ2n) is 4.10. The van der Waals surface area contributed by atoms with Crippen molar-refractivity contribution < 1.29 is 14.4 Å².